The average molecular weight is 191 g/mol. The molecule has 2 aromatic rings. The Bertz CT molecular complexity index is 423. The molecule has 0 aliphatic carbocycles. The van der Waals surface area contributed by atoms with E-state index in [9.17, 15) is 4.39 Å². The lowest BCUT2D eigenvalue weighted by atomic mass is 10.0. The Morgan fingerprint density at radius 2 is 2.14 bits per heavy atom. The fourth-order valence-electron chi connectivity index (χ4n) is 1.43. The molecule has 0 fully saturated rings. The highest BCUT2D eigenvalue weighted by Gasteiger charge is 2.05. The third-order valence-corrected chi connectivity index (χ3v) is 2.12. The van der Waals surface area contributed by atoms with Crippen LogP contribution in [-0.4, -0.2) is 0 Å². The zero-order chi connectivity index (χ0) is 9.97. The van der Waals surface area contributed by atoms with Crippen molar-refractivity contribution in [1.29, 1.82) is 0 Å². The molecule has 1 heterocycles. The van der Waals surface area contributed by atoms with Gasteiger partial charge in [0.05, 0.1) is 12.5 Å². The van der Waals surface area contributed by atoms with E-state index in [-0.39, 0.29) is 5.82 Å². The van der Waals surface area contributed by atoms with Crippen LogP contribution in [0, 0.1) is 5.82 Å². The highest BCUT2D eigenvalue weighted by Crippen LogP contribution is 2.24. The molecule has 1 aromatic heterocycles. The number of halogens is 1. The van der Waals surface area contributed by atoms with E-state index in [0.717, 1.165) is 16.7 Å². The fraction of sp³-hybridized carbons (Fsp3) is 0.0909. The Kier molecular flexibility index (Phi) is 2.33. The van der Waals surface area contributed by atoms with Crippen molar-refractivity contribution < 1.29 is 8.81 Å². The van der Waals surface area contributed by atoms with Crippen LogP contribution in [0.2, 0.25) is 0 Å². The summed E-state index contributed by atoms with van der Waals surface area (Å²) in [5, 5.41) is 0. The third kappa shape index (κ3) is 1.54. The SMILES string of the molecule is NCc1cc(F)ccc1-c1ccoc1. The summed E-state index contributed by atoms with van der Waals surface area (Å²) in [5.41, 5.74) is 8.15. The van der Waals surface area contributed by atoms with Crippen molar-refractivity contribution in [3.05, 3.63) is 48.2 Å². The Morgan fingerprint density at radius 3 is 2.79 bits per heavy atom. The molecule has 0 atom stereocenters. The molecular weight excluding hydrogens is 181 g/mol. The van der Waals surface area contributed by atoms with E-state index in [1.165, 1.54) is 12.1 Å². The summed E-state index contributed by atoms with van der Waals surface area (Å²) in [6, 6.07) is 6.40. The van der Waals surface area contributed by atoms with E-state index in [1.807, 2.05) is 6.07 Å². The van der Waals surface area contributed by atoms with Crippen LogP contribution >= 0.6 is 0 Å². The van der Waals surface area contributed by atoms with Crippen LogP contribution in [0.3, 0.4) is 0 Å². The standard InChI is InChI=1S/C11H10FNO/c12-10-1-2-11(9(5-10)6-13)8-3-4-14-7-8/h1-5,7H,6,13H2. The molecule has 14 heavy (non-hydrogen) atoms. The van der Waals surface area contributed by atoms with Crippen molar-refractivity contribution >= 4 is 0 Å². The Balaban J connectivity index is 2.53. The van der Waals surface area contributed by atoms with Crippen LogP contribution < -0.4 is 5.73 Å². The molecule has 2 nitrogen and oxygen atoms in total. The molecule has 0 radical (unpaired) electrons. The monoisotopic (exact) mass is 191 g/mol. The molecule has 2 rings (SSSR count). The van der Waals surface area contributed by atoms with Crippen LogP contribution in [0.1, 0.15) is 5.56 Å². The first-order valence-corrected chi connectivity index (χ1v) is 4.32. The molecule has 0 saturated carbocycles. The molecule has 3 heteroatoms. The Hall–Kier alpha value is -1.61. The van der Waals surface area contributed by atoms with Crippen molar-refractivity contribution in [2.75, 3.05) is 0 Å². The second-order valence-electron chi connectivity index (χ2n) is 3.02. The van der Waals surface area contributed by atoms with Crippen LogP contribution in [0.15, 0.2) is 41.2 Å². The van der Waals surface area contributed by atoms with Gasteiger partial charge in [-0.05, 0) is 29.3 Å². The van der Waals surface area contributed by atoms with Crippen molar-refractivity contribution in [1.82, 2.24) is 0 Å². The minimum atomic E-state index is -0.266. The lowest BCUT2D eigenvalue weighted by Gasteiger charge is -2.04. The minimum Gasteiger partial charge on any atom is -0.472 e. The molecule has 0 aliphatic rings. The van der Waals surface area contributed by atoms with E-state index in [4.69, 9.17) is 10.2 Å². The fourth-order valence-corrected chi connectivity index (χ4v) is 1.43. The average Bonchev–Trinajstić information content (AvgIpc) is 2.70. The van der Waals surface area contributed by atoms with E-state index in [1.54, 1.807) is 18.6 Å². The number of rotatable bonds is 2. The number of furan rings is 1. The second kappa shape index (κ2) is 3.64. The van der Waals surface area contributed by atoms with E-state index >= 15 is 0 Å². The van der Waals surface area contributed by atoms with Gasteiger partial charge in [0.15, 0.2) is 0 Å². The molecule has 0 aliphatic heterocycles. The number of nitrogens with two attached hydrogens (primary N) is 1. The van der Waals surface area contributed by atoms with Gasteiger partial charge in [-0.2, -0.15) is 0 Å². The minimum absolute atomic E-state index is 0.266. The van der Waals surface area contributed by atoms with Crippen molar-refractivity contribution in [2.24, 2.45) is 5.73 Å². The molecule has 0 spiro atoms. The van der Waals surface area contributed by atoms with Gasteiger partial charge in [-0.1, -0.05) is 6.07 Å². The van der Waals surface area contributed by atoms with Crippen LogP contribution in [0.25, 0.3) is 11.1 Å². The van der Waals surface area contributed by atoms with Gasteiger partial charge in [-0.25, -0.2) is 4.39 Å². The first-order chi connectivity index (χ1) is 6.81. The topological polar surface area (TPSA) is 39.2 Å². The zero-order valence-electron chi connectivity index (χ0n) is 7.53. The van der Waals surface area contributed by atoms with Crippen molar-refractivity contribution in [3.8, 4) is 11.1 Å². The molecule has 72 valence electrons. The van der Waals surface area contributed by atoms with Gasteiger partial charge in [0.25, 0.3) is 0 Å². The second-order valence-corrected chi connectivity index (χ2v) is 3.02. The van der Waals surface area contributed by atoms with Gasteiger partial charge in [-0.15, -0.1) is 0 Å². The smallest absolute Gasteiger partial charge is 0.123 e. The molecular formula is C11H10FNO. The van der Waals surface area contributed by atoms with Gasteiger partial charge in [0, 0.05) is 12.1 Å². The predicted octanol–water partition coefficient (Wildman–Crippen LogP) is 2.54. The van der Waals surface area contributed by atoms with Crippen molar-refractivity contribution in [2.45, 2.75) is 6.54 Å². The number of hydrogen-bond acceptors (Lipinski definition) is 2. The maximum absolute atomic E-state index is 12.9. The first kappa shape index (κ1) is 8.97. The van der Waals surface area contributed by atoms with Crippen LogP contribution in [0.4, 0.5) is 4.39 Å². The lowest BCUT2D eigenvalue weighted by Crippen LogP contribution is -1.99. The normalized spacial score (nSPS) is 10.4. The third-order valence-electron chi connectivity index (χ3n) is 2.12. The van der Waals surface area contributed by atoms with Gasteiger partial charge in [0.2, 0.25) is 0 Å². The summed E-state index contributed by atoms with van der Waals surface area (Å²) in [6.45, 7) is 0.318. The quantitative estimate of drug-likeness (QED) is 0.792. The molecule has 0 saturated heterocycles. The summed E-state index contributed by atoms with van der Waals surface area (Å²) in [5.74, 6) is -0.266. The molecule has 0 bridgehead atoms. The maximum Gasteiger partial charge on any atom is 0.123 e. The van der Waals surface area contributed by atoms with E-state index < -0.39 is 0 Å². The zero-order valence-corrected chi connectivity index (χ0v) is 7.53. The predicted molar refractivity (Wildman–Crippen MR) is 52.0 cm³/mol. The molecule has 2 N–H and O–H groups in total. The highest BCUT2D eigenvalue weighted by molar-refractivity contribution is 5.66. The highest BCUT2D eigenvalue weighted by atomic mass is 19.1. The van der Waals surface area contributed by atoms with Gasteiger partial charge in [0.1, 0.15) is 5.82 Å². The lowest BCUT2D eigenvalue weighted by molar-refractivity contribution is 0.568. The maximum atomic E-state index is 12.9. The molecule has 0 unspecified atom stereocenters. The molecule has 0 amide bonds. The Labute approximate surface area is 81.2 Å². The van der Waals surface area contributed by atoms with Gasteiger partial charge >= 0.3 is 0 Å². The summed E-state index contributed by atoms with van der Waals surface area (Å²) in [4.78, 5) is 0. The van der Waals surface area contributed by atoms with E-state index in [0.29, 0.717) is 6.54 Å². The van der Waals surface area contributed by atoms with E-state index in [2.05, 4.69) is 0 Å². The number of benzene rings is 1. The summed E-state index contributed by atoms with van der Waals surface area (Å²) in [7, 11) is 0. The van der Waals surface area contributed by atoms with Gasteiger partial charge < -0.3 is 10.2 Å². The number of hydrogen-bond donors (Lipinski definition) is 1. The summed E-state index contributed by atoms with van der Waals surface area (Å²) < 4.78 is 17.9. The first-order valence-electron chi connectivity index (χ1n) is 4.32. The summed E-state index contributed by atoms with van der Waals surface area (Å²) in [6.07, 6.45) is 3.20. The van der Waals surface area contributed by atoms with Crippen molar-refractivity contribution in [3.63, 3.8) is 0 Å². The van der Waals surface area contributed by atoms with Crippen LogP contribution in [0.5, 0.6) is 0 Å². The largest absolute Gasteiger partial charge is 0.472 e. The molecule has 1 aromatic carbocycles. The Morgan fingerprint density at radius 1 is 1.29 bits per heavy atom. The summed E-state index contributed by atoms with van der Waals surface area (Å²) >= 11 is 0. The van der Waals surface area contributed by atoms with Crippen LogP contribution in [-0.2, 0) is 6.54 Å². The van der Waals surface area contributed by atoms with Gasteiger partial charge in [-0.3, -0.25) is 0 Å².